The summed E-state index contributed by atoms with van der Waals surface area (Å²) in [6.07, 6.45) is 5.87. The van der Waals surface area contributed by atoms with Gasteiger partial charge >= 0.3 is 0 Å². The Labute approximate surface area is 139 Å². The van der Waals surface area contributed by atoms with E-state index in [-0.39, 0.29) is 11.7 Å². The van der Waals surface area contributed by atoms with Gasteiger partial charge in [0.1, 0.15) is 11.6 Å². The monoisotopic (exact) mass is 337 g/mol. The molecular weight excluding hydrogens is 317 g/mol. The third-order valence-corrected chi connectivity index (χ3v) is 4.02. The Morgan fingerprint density at radius 2 is 2.26 bits per heavy atom. The first kappa shape index (κ1) is 17.5. The number of unbranched alkanes of at least 4 members (excludes halogenated alkanes) is 3. The maximum Gasteiger partial charge on any atom is 0.236 e. The zero-order valence-corrected chi connectivity index (χ0v) is 13.9. The minimum Gasteiger partial charge on any atom is -0.493 e. The largest absolute Gasteiger partial charge is 0.493 e. The van der Waals surface area contributed by atoms with Crippen LogP contribution < -0.4 is 10.1 Å². The van der Waals surface area contributed by atoms with Crippen LogP contribution in [-0.4, -0.2) is 29.6 Å². The van der Waals surface area contributed by atoms with Crippen molar-refractivity contribution >= 4 is 29.1 Å². The van der Waals surface area contributed by atoms with Crippen molar-refractivity contribution in [3.05, 3.63) is 29.6 Å². The highest BCUT2D eigenvalue weighted by molar-refractivity contribution is 8.15. The van der Waals surface area contributed by atoms with Crippen molar-refractivity contribution in [3.63, 3.8) is 0 Å². The number of amides is 1. The molecule has 23 heavy (non-hydrogen) atoms. The molecule has 2 rings (SSSR count). The summed E-state index contributed by atoms with van der Waals surface area (Å²) in [6, 6.07) is 4.30. The molecular formula is C16H20FN3O2S. The molecule has 0 aromatic heterocycles. The van der Waals surface area contributed by atoms with E-state index in [0.717, 1.165) is 12.8 Å². The van der Waals surface area contributed by atoms with Crippen molar-refractivity contribution in [3.8, 4) is 5.75 Å². The van der Waals surface area contributed by atoms with Gasteiger partial charge in [-0.15, -0.1) is 5.10 Å². The minimum atomic E-state index is -0.360. The molecule has 0 unspecified atom stereocenters. The molecule has 1 saturated heterocycles. The third kappa shape index (κ3) is 6.02. The number of hydrogen-bond donors (Lipinski definition) is 1. The van der Waals surface area contributed by atoms with E-state index in [0.29, 0.717) is 28.8 Å². The molecule has 0 bridgehead atoms. The molecule has 1 fully saturated rings. The molecule has 1 amide bonds. The van der Waals surface area contributed by atoms with E-state index in [9.17, 15) is 9.18 Å². The predicted octanol–water partition coefficient (Wildman–Crippen LogP) is 3.34. The van der Waals surface area contributed by atoms with E-state index in [1.54, 1.807) is 6.07 Å². The van der Waals surface area contributed by atoms with Gasteiger partial charge in [0.15, 0.2) is 5.17 Å². The Hall–Kier alpha value is -1.89. The minimum absolute atomic E-state index is 0.0918. The number of carbonyl (C=O) groups is 1. The highest BCUT2D eigenvalue weighted by Gasteiger charge is 2.16. The number of hydrogen-bond acceptors (Lipinski definition) is 5. The van der Waals surface area contributed by atoms with Crippen molar-refractivity contribution in [1.82, 2.24) is 5.32 Å². The van der Waals surface area contributed by atoms with Crippen LogP contribution in [-0.2, 0) is 4.79 Å². The predicted molar refractivity (Wildman–Crippen MR) is 91.7 cm³/mol. The van der Waals surface area contributed by atoms with Crippen LogP contribution in [0.3, 0.4) is 0 Å². The number of carbonyl (C=O) groups excluding carboxylic acids is 1. The number of benzene rings is 1. The van der Waals surface area contributed by atoms with Crippen molar-refractivity contribution in [2.75, 3.05) is 12.4 Å². The average molecular weight is 337 g/mol. The molecule has 0 aliphatic carbocycles. The number of amidine groups is 1. The van der Waals surface area contributed by atoms with E-state index in [1.165, 1.54) is 43.0 Å². The van der Waals surface area contributed by atoms with Crippen LogP contribution in [0.5, 0.6) is 5.75 Å². The zero-order chi connectivity index (χ0) is 16.5. The first-order valence-corrected chi connectivity index (χ1v) is 8.63. The molecule has 7 heteroatoms. The summed E-state index contributed by atoms with van der Waals surface area (Å²) in [6.45, 7) is 2.74. The summed E-state index contributed by atoms with van der Waals surface area (Å²) < 4.78 is 19.1. The van der Waals surface area contributed by atoms with E-state index >= 15 is 0 Å². The van der Waals surface area contributed by atoms with Crippen molar-refractivity contribution in [2.45, 2.75) is 32.6 Å². The second-order valence-electron chi connectivity index (χ2n) is 5.08. The molecule has 0 radical (unpaired) electrons. The Morgan fingerprint density at radius 3 is 3.00 bits per heavy atom. The first-order valence-electron chi connectivity index (χ1n) is 7.65. The lowest BCUT2D eigenvalue weighted by Gasteiger charge is -2.08. The number of thioether (sulfide) groups is 1. The van der Waals surface area contributed by atoms with Gasteiger partial charge in [0, 0.05) is 5.56 Å². The lowest BCUT2D eigenvalue weighted by molar-refractivity contribution is -0.116. The first-order chi connectivity index (χ1) is 11.2. The van der Waals surface area contributed by atoms with Crippen molar-refractivity contribution in [1.29, 1.82) is 0 Å². The molecule has 1 aliphatic rings. The summed E-state index contributed by atoms with van der Waals surface area (Å²) in [5.74, 6) is 0.474. The summed E-state index contributed by atoms with van der Waals surface area (Å²) in [5.41, 5.74) is 0.527. The van der Waals surface area contributed by atoms with Crippen LogP contribution in [0.2, 0.25) is 0 Å². The van der Waals surface area contributed by atoms with Crippen LogP contribution in [0.1, 0.15) is 38.2 Å². The molecule has 5 nitrogen and oxygen atoms in total. The van der Waals surface area contributed by atoms with E-state index < -0.39 is 0 Å². The van der Waals surface area contributed by atoms with E-state index in [2.05, 4.69) is 22.4 Å². The fourth-order valence-corrected chi connectivity index (χ4v) is 2.62. The summed E-state index contributed by atoms with van der Waals surface area (Å²) in [4.78, 5) is 11.0. The van der Waals surface area contributed by atoms with E-state index in [4.69, 9.17) is 4.74 Å². The van der Waals surface area contributed by atoms with Crippen LogP contribution in [0.25, 0.3) is 0 Å². The summed E-state index contributed by atoms with van der Waals surface area (Å²) in [5, 5.41) is 10.8. The van der Waals surface area contributed by atoms with Crippen LogP contribution in [0.15, 0.2) is 28.4 Å². The van der Waals surface area contributed by atoms with Gasteiger partial charge in [0.25, 0.3) is 0 Å². The molecule has 1 aromatic carbocycles. The molecule has 1 aliphatic heterocycles. The fraction of sp³-hybridized carbons (Fsp3) is 0.438. The molecule has 1 heterocycles. The van der Waals surface area contributed by atoms with Gasteiger partial charge in [-0.2, -0.15) is 5.10 Å². The zero-order valence-electron chi connectivity index (χ0n) is 13.0. The summed E-state index contributed by atoms with van der Waals surface area (Å²) >= 11 is 1.28. The van der Waals surface area contributed by atoms with E-state index in [1.807, 2.05) is 0 Å². The maximum absolute atomic E-state index is 13.4. The summed E-state index contributed by atoms with van der Waals surface area (Å²) in [7, 11) is 0. The SMILES string of the molecule is CCCCCCOc1ccc(F)cc1C=NN=C1NC(=O)CS1. The van der Waals surface area contributed by atoms with Gasteiger partial charge < -0.3 is 10.1 Å². The molecule has 0 saturated carbocycles. The Balaban J connectivity index is 1.96. The number of ether oxygens (including phenoxy) is 1. The maximum atomic E-state index is 13.4. The molecule has 0 atom stereocenters. The lowest BCUT2D eigenvalue weighted by Crippen LogP contribution is -2.19. The topological polar surface area (TPSA) is 63.1 Å². The fourth-order valence-electron chi connectivity index (χ4n) is 1.99. The van der Waals surface area contributed by atoms with Crippen LogP contribution in [0.4, 0.5) is 4.39 Å². The molecule has 0 spiro atoms. The second kappa shape index (κ2) is 9.29. The number of nitrogens with one attached hydrogen (secondary N) is 1. The molecule has 1 N–H and O–H groups in total. The van der Waals surface area contributed by atoms with Crippen molar-refractivity contribution < 1.29 is 13.9 Å². The highest BCUT2D eigenvalue weighted by atomic mass is 32.2. The van der Waals surface area contributed by atoms with Gasteiger partial charge in [-0.25, -0.2) is 4.39 Å². The van der Waals surface area contributed by atoms with Gasteiger partial charge in [0.2, 0.25) is 5.91 Å². The Kier molecular flexibility index (Phi) is 7.06. The quantitative estimate of drug-likeness (QED) is 0.449. The number of halogens is 1. The number of rotatable bonds is 8. The Morgan fingerprint density at radius 1 is 1.39 bits per heavy atom. The average Bonchev–Trinajstić information content (AvgIpc) is 2.94. The number of nitrogens with zero attached hydrogens (tertiary/aromatic N) is 2. The van der Waals surface area contributed by atoms with Gasteiger partial charge in [0.05, 0.1) is 18.6 Å². The third-order valence-electron chi connectivity index (χ3n) is 3.16. The highest BCUT2D eigenvalue weighted by Crippen LogP contribution is 2.19. The van der Waals surface area contributed by atoms with Gasteiger partial charge in [-0.05, 0) is 24.6 Å². The standard InChI is InChI=1S/C16H20FN3O2S/c1-2-3-4-5-8-22-14-7-6-13(17)9-12(14)10-18-20-16-19-15(21)11-23-16/h6-7,9-10H,2-5,8,11H2,1H3,(H,19,20,21). The molecule has 1 aromatic rings. The normalized spacial score (nSPS) is 16.3. The van der Waals surface area contributed by atoms with Gasteiger partial charge in [-0.3, -0.25) is 4.79 Å². The smallest absolute Gasteiger partial charge is 0.236 e. The lowest BCUT2D eigenvalue weighted by atomic mass is 10.2. The second-order valence-corrected chi connectivity index (χ2v) is 6.04. The van der Waals surface area contributed by atoms with Gasteiger partial charge in [-0.1, -0.05) is 37.9 Å². The van der Waals surface area contributed by atoms with Crippen LogP contribution >= 0.6 is 11.8 Å². The van der Waals surface area contributed by atoms with Crippen LogP contribution in [0, 0.1) is 5.82 Å². The Bertz CT molecular complexity index is 605. The van der Waals surface area contributed by atoms with Crippen molar-refractivity contribution in [2.24, 2.45) is 10.2 Å². The molecule has 124 valence electrons.